The van der Waals surface area contributed by atoms with Crippen LogP contribution in [0, 0.1) is 5.92 Å². The maximum absolute atomic E-state index is 9.74. The Morgan fingerprint density at radius 1 is 0.933 bits per heavy atom. The first kappa shape index (κ1) is 14.9. The normalized spacial score (nSPS) is 14.2. The molecule has 0 aromatic rings. The quantitative estimate of drug-likeness (QED) is 0.673. The van der Waals surface area contributed by atoms with Crippen LogP contribution in [-0.4, -0.2) is 35.2 Å². The summed E-state index contributed by atoms with van der Waals surface area (Å²) in [5.74, 6) is 0.676. The van der Waals surface area contributed by atoms with Gasteiger partial charge in [-0.2, -0.15) is 0 Å². The summed E-state index contributed by atoms with van der Waals surface area (Å²) >= 11 is 0. The van der Waals surface area contributed by atoms with Gasteiger partial charge in [0.05, 0.1) is 6.10 Å². The fourth-order valence-electron chi connectivity index (χ4n) is 2.05. The van der Waals surface area contributed by atoms with Crippen molar-refractivity contribution >= 4 is 0 Å². The zero-order chi connectivity index (χ0) is 11.8. The van der Waals surface area contributed by atoms with Crippen LogP contribution in [0.2, 0.25) is 0 Å². The third kappa shape index (κ3) is 6.16. The van der Waals surface area contributed by atoms with E-state index in [0.29, 0.717) is 12.0 Å². The fraction of sp³-hybridized carbons (Fsp3) is 1.00. The zero-order valence-corrected chi connectivity index (χ0v) is 11.2. The number of hydrogen-bond donors (Lipinski definition) is 1. The molecule has 0 aromatic heterocycles. The predicted molar refractivity (Wildman–Crippen MR) is 67.1 cm³/mol. The van der Waals surface area contributed by atoms with Crippen LogP contribution in [0.3, 0.4) is 0 Å². The second-order valence-corrected chi connectivity index (χ2v) is 4.88. The van der Waals surface area contributed by atoms with Crippen molar-refractivity contribution in [2.24, 2.45) is 5.92 Å². The van der Waals surface area contributed by atoms with Gasteiger partial charge in [-0.3, -0.25) is 4.90 Å². The number of rotatable bonds is 8. The molecule has 0 saturated carbocycles. The van der Waals surface area contributed by atoms with Crippen molar-refractivity contribution in [1.82, 2.24) is 4.90 Å². The highest BCUT2D eigenvalue weighted by atomic mass is 16.3. The van der Waals surface area contributed by atoms with Crippen LogP contribution in [0.15, 0.2) is 0 Å². The van der Waals surface area contributed by atoms with E-state index in [9.17, 15) is 5.11 Å². The van der Waals surface area contributed by atoms with Crippen LogP contribution < -0.4 is 0 Å². The molecule has 1 N–H and O–H groups in total. The first-order chi connectivity index (χ1) is 7.04. The topological polar surface area (TPSA) is 23.5 Å². The molecule has 2 nitrogen and oxygen atoms in total. The molecule has 0 amide bonds. The lowest BCUT2D eigenvalue weighted by atomic mass is 10.1. The van der Waals surface area contributed by atoms with E-state index >= 15 is 0 Å². The van der Waals surface area contributed by atoms with Crippen LogP contribution in [0.25, 0.3) is 0 Å². The van der Waals surface area contributed by atoms with E-state index in [4.69, 9.17) is 0 Å². The molecule has 0 rings (SSSR count). The van der Waals surface area contributed by atoms with Crippen molar-refractivity contribution < 1.29 is 5.11 Å². The molecule has 1 atom stereocenters. The van der Waals surface area contributed by atoms with Crippen LogP contribution in [0.1, 0.15) is 53.9 Å². The smallest absolute Gasteiger partial charge is 0.0664 e. The molecule has 0 spiro atoms. The summed E-state index contributed by atoms with van der Waals surface area (Å²) < 4.78 is 0. The molecule has 15 heavy (non-hydrogen) atoms. The van der Waals surface area contributed by atoms with Crippen molar-refractivity contribution in [2.45, 2.75) is 66.0 Å². The van der Waals surface area contributed by atoms with Crippen LogP contribution >= 0.6 is 0 Å². The first-order valence-electron chi connectivity index (χ1n) is 6.47. The molecular formula is C13H29NO. The average molecular weight is 215 g/mol. The van der Waals surface area contributed by atoms with Gasteiger partial charge in [0.15, 0.2) is 0 Å². The summed E-state index contributed by atoms with van der Waals surface area (Å²) in [6, 6.07) is 0.633. The van der Waals surface area contributed by atoms with Crippen LogP contribution in [0.4, 0.5) is 0 Å². The summed E-state index contributed by atoms with van der Waals surface area (Å²) in [5.41, 5.74) is 0. The van der Waals surface area contributed by atoms with Crippen molar-refractivity contribution in [2.75, 3.05) is 13.1 Å². The van der Waals surface area contributed by atoms with E-state index in [1.165, 1.54) is 12.8 Å². The SMILES string of the molecule is CCC(O)CN(CC(C)C)C(CC)CC. The van der Waals surface area contributed by atoms with E-state index in [-0.39, 0.29) is 6.10 Å². The highest BCUT2D eigenvalue weighted by Crippen LogP contribution is 2.12. The lowest BCUT2D eigenvalue weighted by Crippen LogP contribution is -2.42. The number of hydrogen-bond acceptors (Lipinski definition) is 2. The molecule has 0 bridgehead atoms. The Hall–Kier alpha value is -0.0800. The van der Waals surface area contributed by atoms with Crippen LogP contribution in [-0.2, 0) is 0 Å². The summed E-state index contributed by atoms with van der Waals surface area (Å²) in [7, 11) is 0. The first-order valence-corrected chi connectivity index (χ1v) is 6.47. The number of aliphatic hydroxyl groups excluding tert-OH is 1. The van der Waals surface area contributed by atoms with Gasteiger partial charge in [0.1, 0.15) is 0 Å². The van der Waals surface area contributed by atoms with E-state index in [1.807, 2.05) is 6.92 Å². The Balaban J connectivity index is 4.27. The lowest BCUT2D eigenvalue weighted by molar-refractivity contribution is 0.0732. The minimum atomic E-state index is -0.163. The number of aliphatic hydroxyl groups is 1. The van der Waals surface area contributed by atoms with Gasteiger partial charge in [0, 0.05) is 19.1 Å². The summed E-state index contributed by atoms with van der Waals surface area (Å²) in [6.45, 7) is 12.9. The Kier molecular flexibility index (Phi) is 8.07. The fourth-order valence-corrected chi connectivity index (χ4v) is 2.05. The van der Waals surface area contributed by atoms with Gasteiger partial charge in [-0.1, -0.05) is 34.6 Å². The second kappa shape index (κ2) is 8.12. The third-order valence-corrected chi connectivity index (χ3v) is 2.98. The molecule has 92 valence electrons. The maximum atomic E-state index is 9.74. The molecular weight excluding hydrogens is 186 g/mol. The van der Waals surface area contributed by atoms with E-state index in [1.54, 1.807) is 0 Å². The molecule has 0 saturated heterocycles. The predicted octanol–water partition coefficient (Wildman–Crippen LogP) is 2.90. The van der Waals surface area contributed by atoms with E-state index in [2.05, 4.69) is 32.6 Å². The van der Waals surface area contributed by atoms with Gasteiger partial charge in [-0.25, -0.2) is 0 Å². The molecule has 2 heteroatoms. The Morgan fingerprint density at radius 2 is 1.47 bits per heavy atom. The van der Waals surface area contributed by atoms with Gasteiger partial charge in [0.25, 0.3) is 0 Å². The maximum Gasteiger partial charge on any atom is 0.0664 e. The van der Waals surface area contributed by atoms with Gasteiger partial charge in [0.2, 0.25) is 0 Å². The Labute approximate surface area is 95.7 Å². The standard InChI is InChI=1S/C13H29NO/c1-6-12(7-2)14(9-11(4)5)10-13(15)8-3/h11-13,15H,6-10H2,1-5H3. The lowest BCUT2D eigenvalue weighted by Gasteiger charge is -2.33. The van der Waals surface area contributed by atoms with Gasteiger partial charge < -0.3 is 5.11 Å². The largest absolute Gasteiger partial charge is 0.392 e. The molecule has 0 aliphatic heterocycles. The molecule has 0 aliphatic rings. The van der Waals surface area contributed by atoms with Crippen LogP contribution in [0.5, 0.6) is 0 Å². The molecule has 0 heterocycles. The molecule has 0 fully saturated rings. The highest BCUT2D eigenvalue weighted by Gasteiger charge is 2.18. The minimum Gasteiger partial charge on any atom is -0.392 e. The van der Waals surface area contributed by atoms with Gasteiger partial charge >= 0.3 is 0 Å². The molecule has 1 unspecified atom stereocenters. The molecule has 0 aliphatic carbocycles. The van der Waals surface area contributed by atoms with E-state index in [0.717, 1.165) is 19.5 Å². The summed E-state index contributed by atoms with van der Waals surface area (Å²) in [6.07, 6.45) is 3.05. The summed E-state index contributed by atoms with van der Waals surface area (Å²) in [5, 5.41) is 9.74. The van der Waals surface area contributed by atoms with Crippen molar-refractivity contribution in [3.63, 3.8) is 0 Å². The Morgan fingerprint density at radius 3 is 1.80 bits per heavy atom. The summed E-state index contributed by atoms with van der Waals surface area (Å²) in [4.78, 5) is 2.46. The van der Waals surface area contributed by atoms with Crippen molar-refractivity contribution in [1.29, 1.82) is 0 Å². The monoisotopic (exact) mass is 215 g/mol. The van der Waals surface area contributed by atoms with E-state index < -0.39 is 0 Å². The van der Waals surface area contributed by atoms with Gasteiger partial charge in [-0.15, -0.1) is 0 Å². The highest BCUT2D eigenvalue weighted by molar-refractivity contribution is 4.73. The number of nitrogens with zero attached hydrogens (tertiary/aromatic N) is 1. The third-order valence-electron chi connectivity index (χ3n) is 2.98. The molecule has 0 aromatic carbocycles. The molecule has 0 radical (unpaired) electrons. The average Bonchev–Trinajstić information content (AvgIpc) is 2.18. The minimum absolute atomic E-state index is 0.163. The van der Waals surface area contributed by atoms with Crippen molar-refractivity contribution in [3.05, 3.63) is 0 Å². The second-order valence-electron chi connectivity index (χ2n) is 4.88. The zero-order valence-electron chi connectivity index (χ0n) is 11.2. The van der Waals surface area contributed by atoms with Crippen molar-refractivity contribution in [3.8, 4) is 0 Å². The van der Waals surface area contributed by atoms with Gasteiger partial charge in [-0.05, 0) is 25.2 Å². The Bertz CT molecular complexity index is 143.